The van der Waals surface area contributed by atoms with Gasteiger partial charge in [0.2, 0.25) is 5.95 Å². The maximum absolute atomic E-state index is 10.5. The summed E-state index contributed by atoms with van der Waals surface area (Å²) in [5, 5.41) is 23.8. The highest BCUT2D eigenvalue weighted by atomic mass is 16.5. The molecule has 2 saturated carbocycles. The van der Waals surface area contributed by atoms with Crippen molar-refractivity contribution in [2.24, 2.45) is 17.8 Å². The Labute approximate surface area is 237 Å². The Morgan fingerprint density at radius 3 is 2.55 bits per heavy atom. The van der Waals surface area contributed by atoms with Gasteiger partial charge in [0, 0.05) is 19.6 Å². The molecule has 3 N–H and O–H groups in total. The third kappa shape index (κ3) is 5.83. The van der Waals surface area contributed by atoms with Crippen molar-refractivity contribution in [1.82, 2.24) is 19.5 Å². The minimum atomic E-state index is -1.15. The molecule has 2 atom stereocenters. The van der Waals surface area contributed by atoms with Crippen molar-refractivity contribution in [3.8, 4) is 0 Å². The lowest BCUT2D eigenvalue weighted by molar-refractivity contribution is 0.0889. The summed E-state index contributed by atoms with van der Waals surface area (Å²) >= 11 is 0. The second-order valence-corrected chi connectivity index (χ2v) is 12.2. The molecule has 3 aliphatic rings. The number of ether oxygens (including phenoxy) is 1. The predicted molar refractivity (Wildman–Crippen MR) is 156 cm³/mol. The monoisotopic (exact) mass is 548 g/mol. The Kier molecular flexibility index (Phi) is 8.51. The van der Waals surface area contributed by atoms with Crippen molar-refractivity contribution in [3.63, 3.8) is 0 Å². The molecule has 3 heterocycles. The second-order valence-electron chi connectivity index (χ2n) is 12.2. The summed E-state index contributed by atoms with van der Waals surface area (Å²) in [6.45, 7) is 5.57. The van der Waals surface area contributed by atoms with E-state index < -0.39 is 12.7 Å². The highest BCUT2D eigenvalue weighted by Gasteiger charge is 2.32. The maximum atomic E-state index is 10.5. The molecule has 9 heteroatoms. The fraction of sp³-hybridized carbons (Fsp3) is 0.645. The summed E-state index contributed by atoms with van der Waals surface area (Å²) in [6.07, 6.45) is 8.81. The SMILES string of the molecule is CC1CCC(Cn2c(N3CCOC[C@H]3c3ccccc3)nc3nc(C(O)CO)nc(NCCC4CCC4)c32)CC1. The highest BCUT2D eigenvalue weighted by Crippen LogP contribution is 2.37. The van der Waals surface area contributed by atoms with Gasteiger partial charge in [0.25, 0.3) is 0 Å². The molecule has 1 saturated heterocycles. The number of benzene rings is 1. The molecule has 0 radical (unpaired) electrons. The summed E-state index contributed by atoms with van der Waals surface area (Å²) in [4.78, 5) is 17.0. The molecule has 1 unspecified atom stereocenters. The predicted octanol–water partition coefficient (Wildman–Crippen LogP) is 4.86. The lowest BCUT2D eigenvalue weighted by Gasteiger charge is -2.37. The number of aliphatic hydroxyl groups is 2. The fourth-order valence-corrected chi connectivity index (χ4v) is 6.53. The van der Waals surface area contributed by atoms with Crippen molar-refractivity contribution in [1.29, 1.82) is 0 Å². The first-order valence-corrected chi connectivity index (χ1v) is 15.3. The number of aliphatic hydroxyl groups excluding tert-OH is 2. The molecule has 0 spiro atoms. The fourth-order valence-electron chi connectivity index (χ4n) is 6.53. The third-order valence-corrected chi connectivity index (χ3v) is 9.29. The van der Waals surface area contributed by atoms with E-state index in [9.17, 15) is 10.2 Å². The van der Waals surface area contributed by atoms with E-state index in [4.69, 9.17) is 19.7 Å². The molecule has 9 nitrogen and oxygen atoms in total. The van der Waals surface area contributed by atoms with Crippen molar-refractivity contribution in [2.75, 3.05) is 43.1 Å². The molecule has 2 aliphatic carbocycles. The summed E-state index contributed by atoms with van der Waals surface area (Å²) in [5.74, 6) is 3.93. The molecular weight excluding hydrogens is 504 g/mol. The number of fused-ring (bicyclic) bond motifs is 1. The van der Waals surface area contributed by atoms with Crippen LogP contribution in [0.15, 0.2) is 30.3 Å². The quantitative estimate of drug-likeness (QED) is 0.330. The first kappa shape index (κ1) is 27.4. The van der Waals surface area contributed by atoms with Crippen LogP contribution < -0.4 is 10.2 Å². The number of hydrogen-bond acceptors (Lipinski definition) is 8. The Morgan fingerprint density at radius 1 is 1.02 bits per heavy atom. The first-order chi connectivity index (χ1) is 19.6. The smallest absolute Gasteiger partial charge is 0.208 e. The number of aromatic nitrogens is 4. The van der Waals surface area contributed by atoms with E-state index in [-0.39, 0.29) is 11.9 Å². The molecule has 3 aromatic rings. The van der Waals surface area contributed by atoms with Crippen LogP contribution in [0, 0.1) is 17.8 Å². The normalized spacial score (nSPS) is 24.7. The number of nitrogens with one attached hydrogen (secondary N) is 1. The van der Waals surface area contributed by atoms with Crippen LogP contribution >= 0.6 is 0 Å². The molecular formula is C31H44N6O3. The average molecular weight is 549 g/mol. The second kappa shape index (κ2) is 12.4. The Balaban J connectivity index is 1.43. The van der Waals surface area contributed by atoms with Gasteiger partial charge in [-0.15, -0.1) is 0 Å². The van der Waals surface area contributed by atoms with Crippen molar-refractivity contribution in [2.45, 2.75) is 77.0 Å². The van der Waals surface area contributed by atoms with Crippen LogP contribution in [-0.2, 0) is 11.3 Å². The van der Waals surface area contributed by atoms with E-state index in [1.165, 1.54) is 50.5 Å². The number of rotatable bonds is 10. The van der Waals surface area contributed by atoms with Crippen molar-refractivity contribution >= 4 is 22.9 Å². The molecule has 40 heavy (non-hydrogen) atoms. The molecule has 216 valence electrons. The van der Waals surface area contributed by atoms with Crippen LogP contribution in [0.3, 0.4) is 0 Å². The zero-order chi connectivity index (χ0) is 27.5. The van der Waals surface area contributed by atoms with E-state index in [0.29, 0.717) is 30.6 Å². The molecule has 0 bridgehead atoms. The van der Waals surface area contributed by atoms with Gasteiger partial charge >= 0.3 is 0 Å². The minimum absolute atomic E-state index is 0.0439. The van der Waals surface area contributed by atoms with Crippen molar-refractivity contribution in [3.05, 3.63) is 41.7 Å². The van der Waals surface area contributed by atoms with Gasteiger partial charge in [0.1, 0.15) is 11.6 Å². The third-order valence-electron chi connectivity index (χ3n) is 9.29. The van der Waals surface area contributed by atoms with Gasteiger partial charge in [-0.2, -0.15) is 4.98 Å². The van der Waals surface area contributed by atoms with E-state index in [1.807, 2.05) is 6.07 Å². The number of imidazole rings is 1. The molecule has 1 aliphatic heterocycles. The van der Waals surface area contributed by atoms with Crippen LogP contribution in [0.25, 0.3) is 11.2 Å². The van der Waals surface area contributed by atoms with Gasteiger partial charge in [0.15, 0.2) is 17.3 Å². The van der Waals surface area contributed by atoms with Gasteiger partial charge in [-0.05, 0) is 42.6 Å². The van der Waals surface area contributed by atoms with Crippen LogP contribution in [0.1, 0.15) is 81.8 Å². The average Bonchev–Trinajstić information content (AvgIpc) is 3.33. The summed E-state index contributed by atoms with van der Waals surface area (Å²) < 4.78 is 8.31. The van der Waals surface area contributed by atoms with Gasteiger partial charge in [-0.3, -0.25) is 0 Å². The number of anilines is 2. The highest BCUT2D eigenvalue weighted by molar-refractivity contribution is 5.86. The van der Waals surface area contributed by atoms with Crippen LogP contribution in [0.5, 0.6) is 0 Å². The van der Waals surface area contributed by atoms with Crippen molar-refractivity contribution < 1.29 is 14.9 Å². The van der Waals surface area contributed by atoms with E-state index in [2.05, 4.69) is 46.0 Å². The topological polar surface area (TPSA) is 109 Å². The summed E-state index contributed by atoms with van der Waals surface area (Å²) in [6, 6.07) is 10.6. The lowest BCUT2D eigenvalue weighted by Crippen LogP contribution is -2.41. The van der Waals surface area contributed by atoms with Gasteiger partial charge in [-0.1, -0.05) is 69.4 Å². The van der Waals surface area contributed by atoms with E-state index in [0.717, 1.165) is 49.4 Å². The van der Waals surface area contributed by atoms with Gasteiger partial charge in [-0.25, -0.2) is 9.97 Å². The molecule has 6 rings (SSSR count). The lowest BCUT2D eigenvalue weighted by atomic mass is 9.83. The maximum Gasteiger partial charge on any atom is 0.208 e. The minimum Gasteiger partial charge on any atom is -0.393 e. The Morgan fingerprint density at radius 2 is 1.82 bits per heavy atom. The van der Waals surface area contributed by atoms with E-state index in [1.54, 1.807) is 0 Å². The standard InChI is InChI=1S/C31H44N6O3/c1-21-10-12-23(13-11-21)18-37-27-29(32-15-14-22-6-5-7-22)33-28(26(39)19-38)34-30(27)35-31(37)36-16-17-40-20-25(36)24-8-3-2-4-9-24/h2-4,8-9,21-23,25-26,38-39H,5-7,10-20H2,1H3,(H,32,33,34)/t21?,23?,25-,26?/m0/s1. The molecule has 2 aromatic heterocycles. The largest absolute Gasteiger partial charge is 0.393 e. The number of nitrogens with zero attached hydrogens (tertiary/aromatic N) is 5. The summed E-state index contributed by atoms with van der Waals surface area (Å²) in [5.41, 5.74) is 2.67. The summed E-state index contributed by atoms with van der Waals surface area (Å²) in [7, 11) is 0. The van der Waals surface area contributed by atoms with Crippen LogP contribution in [0.4, 0.5) is 11.8 Å². The Hall–Kier alpha value is -2.75. The molecule has 0 amide bonds. The number of morpholine rings is 1. The Bertz CT molecular complexity index is 1250. The van der Waals surface area contributed by atoms with Crippen LogP contribution in [-0.4, -0.2) is 62.6 Å². The number of hydrogen-bond donors (Lipinski definition) is 3. The first-order valence-electron chi connectivity index (χ1n) is 15.3. The zero-order valence-electron chi connectivity index (χ0n) is 23.7. The van der Waals surface area contributed by atoms with Gasteiger partial charge < -0.3 is 29.7 Å². The molecule has 3 fully saturated rings. The van der Waals surface area contributed by atoms with E-state index >= 15 is 0 Å². The van der Waals surface area contributed by atoms with Crippen LogP contribution in [0.2, 0.25) is 0 Å². The zero-order valence-corrected chi connectivity index (χ0v) is 23.7. The van der Waals surface area contributed by atoms with Gasteiger partial charge in [0.05, 0.1) is 25.9 Å². The molecule has 1 aromatic carbocycles.